The van der Waals surface area contributed by atoms with Crippen molar-refractivity contribution >= 4 is 17.3 Å². The van der Waals surface area contributed by atoms with Gasteiger partial charge >= 0.3 is 0 Å². The minimum absolute atomic E-state index is 0.0804. The summed E-state index contributed by atoms with van der Waals surface area (Å²) in [6.07, 6.45) is 1.79. The minimum Gasteiger partial charge on any atom is -0.299 e. The van der Waals surface area contributed by atoms with E-state index < -0.39 is 5.92 Å². The predicted molar refractivity (Wildman–Crippen MR) is 46.4 cm³/mol. The van der Waals surface area contributed by atoms with Crippen LogP contribution in [0, 0.1) is 5.92 Å². The molecule has 0 N–H and O–H groups in total. The van der Waals surface area contributed by atoms with Crippen molar-refractivity contribution in [2.24, 2.45) is 10.9 Å². The van der Waals surface area contributed by atoms with Gasteiger partial charge < -0.3 is 0 Å². The lowest BCUT2D eigenvalue weighted by Crippen LogP contribution is -2.27. The van der Waals surface area contributed by atoms with E-state index in [-0.39, 0.29) is 11.6 Å². The number of carbonyl (C=O) groups is 2. The van der Waals surface area contributed by atoms with Crippen LogP contribution in [0.15, 0.2) is 4.99 Å². The lowest BCUT2D eigenvalue weighted by Gasteiger charge is -2.08. The quantitative estimate of drug-likeness (QED) is 0.589. The van der Waals surface area contributed by atoms with E-state index >= 15 is 0 Å². The lowest BCUT2D eigenvalue weighted by atomic mass is 9.93. The van der Waals surface area contributed by atoms with Gasteiger partial charge in [-0.2, -0.15) is 0 Å². The first kappa shape index (κ1) is 9.10. The van der Waals surface area contributed by atoms with Crippen LogP contribution in [0.4, 0.5) is 0 Å². The Bertz CT molecular complexity index is 229. The van der Waals surface area contributed by atoms with Gasteiger partial charge in [0.2, 0.25) is 0 Å². The molecule has 0 saturated carbocycles. The fraction of sp³-hybridized carbons (Fsp3) is 0.667. The molecule has 0 bridgehead atoms. The van der Waals surface area contributed by atoms with Gasteiger partial charge in [0.15, 0.2) is 0 Å². The average Bonchev–Trinajstić information content (AvgIpc) is 2.37. The summed E-state index contributed by atoms with van der Waals surface area (Å²) in [7, 11) is 0. The Hall–Kier alpha value is -0.990. The third-order valence-corrected chi connectivity index (χ3v) is 2.05. The SMILES string of the molecule is CC(=O)C(C(C)=O)C1=NCCC1. The van der Waals surface area contributed by atoms with Gasteiger partial charge in [-0.25, -0.2) is 0 Å². The molecule has 0 aromatic rings. The predicted octanol–water partition coefficient (Wildman–Crippen LogP) is 1.02. The van der Waals surface area contributed by atoms with Crippen LogP contribution in [-0.4, -0.2) is 23.8 Å². The molecule has 0 saturated heterocycles. The molecule has 66 valence electrons. The molecule has 0 aliphatic carbocycles. The Morgan fingerprint density at radius 1 is 1.33 bits per heavy atom. The van der Waals surface area contributed by atoms with Gasteiger partial charge in [-0.1, -0.05) is 0 Å². The fourth-order valence-corrected chi connectivity index (χ4v) is 1.55. The molecular formula is C9H13NO2. The molecule has 0 aromatic carbocycles. The Morgan fingerprint density at radius 2 is 1.92 bits per heavy atom. The van der Waals surface area contributed by atoms with Crippen molar-refractivity contribution in [2.75, 3.05) is 6.54 Å². The zero-order valence-electron chi connectivity index (χ0n) is 7.46. The largest absolute Gasteiger partial charge is 0.299 e. The zero-order chi connectivity index (χ0) is 9.14. The van der Waals surface area contributed by atoms with E-state index in [9.17, 15) is 9.59 Å². The molecule has 12 heavy (non-hydrogen) atoms. The second-order valence-electron chi connectivity index (χ2n) is 3.13. The molecule has 3 nitrogen and oxygen atoms in total. The summed E-state index contributed by atoms with van der Waals surface area (Å²) in [6.45, 7) is 3.67. The maximum absolute atomic E-state index is 11.1. The van der Waals surface area contributed by atoms with Gasteiger partial charge in [0.25, 0.3) is 0 Å². The standard InChI is InChI=1S/C9H13NO2/c1-6(11)9(7(2)12)8-4-3-5-10-8/h9H,3-5H2,1-2H3. The number of nitrogens with zero attached hydrogens (tertiary/aromatic N) is 1. The third kappa shape index (κ3) is 1.78. The van der Waals surface area contributed by atoms with E-state index in [0.717, 1.165) is 25.1 Å². The van der Waals surface area contributed by atoms with Gasteiger partial charge in [-0.15, -0.1) is 0 Å². The Morgan fingerprint density at radius 3 is 2.25 bits per heavy atom. The Labute approximate surface area is 71.9 Å². The van der Waals surface area contributed by atoms with Gasteiger partial charge in [0.1, 0.15) is 17.5 Å². The first-order valence-electron chi connectivity index (χ1n) is 4.17. The van der Waals surface area contributed by atoms with Gasteiger partial charge in [-0.05, 0) is 26.7 Å². The van der Waals surface area contributed by atoms with Gasteiger partial charge in [-0.3, -0.25) is 14.6 Å². The summed E-state index contributed by atoms with van der Waals surface area (Å²) in [5.74, 6) is -0.709. The fourth-order valence-electron chi connectivity index (χ4n) is 1.55. The molecule has 0 unspecified atom stereocenters. The van der Waals surface area contributed by atoms with Crippen LogP contribution in [0.25, 0.3) is 0 Å². The van der Waals surface area contributed by atoms with Crippen molar-refractivity contribution in [1.82, 2.24) is 0 Å². The van der Waals surface area contributed by atoms with E-state index in [4.69, 9.17) is 0 Å². The highest BCUT2D eigenvalue weighted by Gasteiger charge is 2.26. The van der Waals surface area contributed by atoms with Crippen molar-refractivity contribution in [3.63, 3.8) is 0 Å². The topological polar surface area (TPSA) is 46.5 Å². The summed E-state index contributed by atoms with van der Waals surface area (Å²) >= 11 is 0. The van der Waals surface area contributed by atoms with Crippen LogP contribution in [-0.2, 0) is 9.59 Å². The lowest BCUT2D eigenvalue weighted by molar-refractivity contribution is -0.127. The van der Waals surface area contributed by atoms with E-state index in [1.165, 1.54) is 13.8 Å². The van der Waals surface area contributed by atoms with E-state index in [1.54, 1.807) is 0 Å². The molecule has 1 aliphatic rings. The van der Waals surface area contributed by atoms with Crippen LogP contribution in [0.3, 0.4) is 0 Å². The molecule has 1 rings (SSSR count). The second-order valence-corrected chi connectivity index (χ2v) is 3.13. The molecule has 0 spiro atoms. The summed E-state index contributed by atoms with van der Waals surface area (Å²) < 4.78 is 0. The zero-order valence-corrected chi connectivity index (χ0v) is 7.46. The maximum atomic E-state index is 11.1. The number of aliphatic imine (C=N–C) groups is 1. The number of ketones is 2. The normalized spacial score (nSPS) is 16.4. The van der Waals surface area contributed by atoms with Crippen molar-refractivity contribution in [2.45, 2.75) is 26.7 Å². The Kier molecular flexibility index (Phi) is 2.74. The van der Waals surface area contributed by atoms with Gasteiger partial charge in [0, 0.05) is 12.3 Å². The number of hydrogen-bond acceptors (Lipinski definition) is 3. The van der Waals surface area contributed by atoms with Crippen LogP contribution < -0.4 is 0 Å². The average molecular weight is 167 g/mol. The van der Waals surface area contributed by atoms with Crippen LogP contribution in [0.5, 0.6) is 0 Å². The van der Waals surface area contributed by atoms with E-state index in [2.05, 4.69) is 4.99 Å². The van der Waals surface area contributed by atoms with Crippen molar-refractivity contribution < 1.29 is 9.59 Å². The van der Waals surface area contributed by atoms with E-state index in [1.807, 2.05) is 0 Å². The van der Waals surface area contributed by atoms with Gasteiger partial charge in [0.05, 0.1) is 0 Å². The van der Waals surface area contributed by atoms with Crippen molar-refractivity contribution in [3.05, 3.63) is 0 Å². The van der Waals surface area contributed by atoms with Crippen LogP contribution in [0.2, 0.25) is 0 Å². The minimum atomic E-state index is -0.549. The highest BCUT2D eigenvalue weighted by Crippen LogP contribution is 2.14. The molecular weight excluding hydrogens is 154 g/mol. The third-order valence-electron chi connectivity index (χ3n) is 2.05. The molecule has 0 atom stereocenters. The van der Waals surface area contributed by atoms with Crippen molar-refractivity contribution in [1.29, 1.82) is 0 Å². The molecule has 3 heteroatoms. The highest BCUT2D eigenvalue weighted by molar-refractivity contribution is 6.20. The van der Waals surface area contributed by atoms with Crippen LogP contribution >= 0.6 is 0 Å². The number of hydrogen-bond donors (Lipinski definition) is 0. The summed E-state index contributed by atoms with van der Waals surface area (Å²) in [6, 6.07) is 0. The maximum Gasteiger partial charge on any atom is 0.145 e. The Balaban J connectivity index is 2.78. The monoisotopic (exact) mass is 167 g/mol. The molecule has 0 fully saturated rings. The first-order chi connectivity index (χ1) is 5.63. The highest BCUT2D eigenvalue weighted by atomic mass is 16.1. The number of carbonyl (C=O) groups excluding carboxylic acids is 2. The first-order valence-corrected chi connectivity index (χ1v) is 4.17. The molecule has 0 radical (unpaired) electrons. The summed E-state index contributed by atoms with van der Waals surface area (Å²) in [4.78, 5) is 26.3. The summed E-state index contributed by atoms with van der Waals surface area (Å²) in [5, 5.41) is 0. The van der Waals surface area contributed by atoms with Crippen LogP contribution in [0.1, 0.15) is 26.7 Å². The number of Topliss-reactive ketones (excluding diaryl/α,β-unsaturated/α-hetero) is 2. The molecule has 1 aliphatic heterocycles. The van der Waals surface area contributed by atoms with E-state index in [0.29, 0.717) is 0 Å². The number of rotatable bonds is 3. The molecule has 0 aromatic heterocycles. The molecule has 0 amide bonds. The van der Waals surface area contributed by atoms with Crippen molar-refractivity contribution in [3.8, 4) is 0 Å². The smallest absolute Gasteiger partial charge is 0.145 e. The second kappa shape index (κ2) is 3.61. The summed E-state index contributed by atoms with van der Waals surface area (Å²) in [5.41, 5.74) is 0.787. The molecule has 1 heterocycles.